The standard InChI is InChI=1S/C10H4Cl2F3N3O/c11-8-6(9(12)19)4-17-18(8)7-2-1-5(3-16-7)10(13,14)15/h1-4H. The molecule has 4 nitrogen and oxygen atoms in total. The first-order valence-electron chi connectivity index (χ1n) is 4.77. The van der Waals surface area contributed by atoms with Gasteiger partial charge in [-0.05, 0) is 23.7 Å². The van der Waals surface area contributed by atoms with Crippen molar-refractivity contribution in [3.05, 3.63) is 40.8 Å². The lowest BCUT2D eigenvalue weighted by molar-refractivity contribution is -0.137. The van der Waals surface area contributed by atoms with Gasteiger partial charge in [-0.2, -0.15) is 18.3 Å². The molecule has 2 aromatic heterocycles. The van der Waals surface area contributed by atoms with Crippen LogP contribution in [0, 0.1) is 0 Å². The number of carbonyl (C=O) groups is 1. The molecular weight excluding hydrogens is 306 g/mol. The van der Waals surface area contributed by atoms with E-state index in [-0.39, 0.29) is 16.5 Å². The molecule has 2 aromatic rings. The van der Waals surface area contributed by atoms with Gasteiger partial charge in [0.1, 0.15) is 5.15 Å². The average molecular weight is 310 g/mol. The van der Waals surface area contributed by atoms with E-state index in [0.29, 0.717) is 6.20 Å². The highest BCUT2D eigenvalue weighted by atomic mass is 35.5. The Bertz CT molecular complexity index is 622. The maximum absolute atomic E-state index is 12.4. The molecule has 0 radical (unpaired) electrons. The van der Waals surface area contributed by atoms with Gasteiger partial charge in [0, 0.05) is 6.20 Å². The van der Waals surface area contributed by atoms with Gasteiger partial charge in [-0.15, -0.1) is 0 Å². The van der Waals surface area contributed by atoms with Gasteiger partial charge in [0.05, 0.1) is 17.3 Å². The van der Waals surface area contributed by atoms with Crippen LogP contribution in [-0.4, -0.2) is 20.0 Å². The predicted octanol–water partition coefficient (Wildman–Crippen LogP) is 3.32. The summed E-state index contributed by atoms with van der Waals surface area (Å²) in [5.41, 5.74) is -0.946. The number of pyridine rings is 1. The van der Waals surface area contributed by atoms with Gasteiger partial charge in [-0.3, -0.25) is 4.79 Å². The first-order valence-corrected chi connectivity index (χ1v) is 5.53. The summed E-state index contributed by atoms with van der Waals surface area (Å²) in [6.45, 7) is 0. The van der Waals surface area contributed by atoms with Crippen LogP contribution in [0.25, 0.3) is 5.82 Å². The lowest BCUT2D eigenvalue weighted by atomic mass is 10.3. The van der Waals surface area contributed by atoms with Crippen molar-refractivity contribution in [3.8, 4) is 5.82 Å². The number of carbonyl (C=O) groups excluding carboxylic acids is 1. The third kappa shape index (κ3) is 2.71. The Balaban J connectivity index is 2.41. The maximum atomic E-state index is 12.4. The van der Waals surface area contributed by atoms with Crippen LogP contribution < -0.4 is 0 Å². The van der Waals surface area contributed by atoms with Crippen molar-refractivity contribution in [2.75, 3.05) is 0 Å². The fourth-order valence-electron chi connectivity index (χ4n) is 1.30. The van der Waals surface area contributed by atoms with Gasteiger partial charge in [0.15, 0.2) is 5.82 Å². The fraction of sp³-hybridized carbons (Fsp3) is 0.100. The Morgan fingerprint density at radius 3 is 2.37 bits per heavy atom. The summed E-state index contributed by atoms with van der Waals surface area (Å²) >= 11 is 11.1. The largest absolute Gasteiger partial charge is 0.417 e. The minimum Gasteiger partial charge on any atom is -0.275 e. The molecule has 0 amide bonds. The Labute approximate surface area is 114 Å². The number of nitrogens with zero attached hydrogens (tertiary/aromatic N) is 3. The van der Waals surface area contributed by atoms with Crippen LogP contribution in [0.4, 0.5) is 13.2 Å². The summed E-state index contributed by atoms with van der Waals surface area (Å²) in [6.07, 6.45) is -2.72. The summed E-state index contributed by atoms with van der Waals surface area (Å²) in [5, 5.41) is 2.80. The summed E-state index contributed by atoms with van der Waals surface area (Å²) in [4.78, 5) is 14.5. The Morgan fingerprint density at radius 2 is 1.95 bits per heavy atom. The van der Waals surface area contributed by atoms with Crippen LogP contribution in [0.3, 0.4) is 0 Å². The van der Waals surface area contributed by atoms with Crippen molar-refractivity contribution in [2.45, 2.75) is 6.18 Å². The van der Waals surface area contributed by atoms with E-state index in [4.69, 9.17) is 23.2 Å². The molecular formula is C10H4Cl2F3N3O. The zero-order valence-corrected chi connectivity index (χ0v) is 10.5. The van der Waals surface area contributed by atoms with E-state index in [1.165, 1.54) is 0 Å². The lowest BCUT2D eigenvalue weighted by Crippen LogP contribution is -2.07. The summed E-state index contributed by atoms with van der Waals surface area (Å²) in [6, 6.07) is 1.92. The summed E-state index contributed by atoms with van der Waals surface area (Å²) in [5.74, 6) is 0.0437. The number of halogens is 5. The van der Waals surface area contributed by atoms with Crippen molar-refractivity contribution in [1.29, 1.82) is 0 Å². The fourth-order valence-corrected chi connectivity index (χ4v) is 1.76. The molecule has 0 saturated heterocycles. The highest BCUT2D eigenvalue weighted by Gasteiger charge is 2.30. The second kappa shape index (κ2) is 4.82. The summed E-state index contributed by atoms with van der Waals surface area (Å²) in [7, 11) is 0. The molecule has 0 aliphatic rings. The Hall–Kier alpha value is -1.60. The van der Waals surface area contributed by atoms with E-state index in [1.54, 1.807) is 0 Å². The van der Waals surface area contributed by atoms with Crippen molar-refractivity contribution in [1.82, 2.24) is 14.8 Å². The van der Waals surface area contributed by atoms with Crippen LogP contribution in [-0.2, 0) is 6.18 Å². The van der Waals surface area contributed by atoms with Crippen molar-refractivity contribution in [2.24, 2.45) is 0 Å². The zero-order chi connectivity index (χ0) is 14.2. The SMILES string of the molecule is O=C(Cl)c1cnn(-c2ccc(C(F)(F)F)cn2)c1Cl. The van der Waals surface area contributed by atoms with Gasteiger partial charge in [0.2, 0.25) is 0 Å². The maximum Gasteiger partial charge on any atom is 0.417 e. The van der Waals surface area contributed by atoms with E-state index in [2.05, 4.69) is 10.1 Å². The van der Waals surface area contributed by atoms with E-state index in [9.17, 15) is 18.0 Å². The molecule has 0 fully saturated rings. The van der Waals surface area contributed by atoms with Crippen LogP contribution in [0.2, 0.25) is 5.15 Å². The van der Waals surface area contributed by atoms with E-state index < -0.39 is 17.0 Å². The molecule has 0 atom stereocenters. The van der Waals surface area contributed by atoms with Gasteiger partial charge in [-0.25, -0.2) is 9.67 Å². The Morgan fingerprint density at radius 1 is 1.26 bits per heavy atom. The lowest BCUT2D eigenvalue weighted by Gasteiger charge is -2.07. The van der Waals surface area contributed by atoms with E-state index in [1.807, 2.05) is 0 Å². The molecule has 0 bridgehead atoms. The van der Waals surface area contributed by atoms with Crippen LogP contribution in [0.5, 0.6) is 0 Å². The number of alkyl halides is 3. The van der Waals surface area contributed by atoms with Crippen molar-refractivity contribution >= 4 is 28.4 Å². The monoisotopic (exact) mass is 309 g/mol. The third-order valence-corrected chi connectivity index (χ3v) is 2.78. The quantitative estimate of drug-likeness (QED) is 0.800. The first kappa shape index (κ1) is 13.8. The normalized spacial score (nSPS) is 11.6. The van der Waals surface area contributed by atoms with Gasteiger partial charge < -0.3 is 0 Å². The first-order chi connectivity index (χ1) is 8.80. The molecule has 100 valence electrons. The number of hydrogen-bond donors (Lipinski definition) is 0. The topological polar surface area (TPSA) is 47.8 Å². The molecule has 0 aliphatic heterocycles. The third-order valence-electron chi connectivity index (χ3n) is 2.21. The van der Waals surface area contributed by atoms with Gasteiger partial charge in [0.25, 0.3) is 5.24 Å². The van der Waals surface area contributed by atoms with Gasteiger partial charge >= 0.3 is 6.18 Å². The number of aromatic nitrogens is 3. The molecule has 9 heteroatoms. The second-order valence-electron chi connectivity index (χ2n) is 3.44. The number of hydrogen-bond acceptors (Lipinski definition) is 3. The minimum atomic E-state index is -4.48. The molecule has 0 unspecified atom stereocenters. The molecule has 19 heavy (non-hydrogen) atoms. The van der Waals surface area contributed by atoms with Crippen molar-refractivity contribution < 1.29 is 18.0 Å². The Kier molecular flexibility index (Phi) is 3.51. The molecule has 0 spiro atoms. The van der Waals surface area contributed by atoms with E-state index in [0.717, 1.165) is 23.0 Å². The molecule has 0 aliphatic carbocycles. The van der Waals surface area contributed by atoms with Crippen LogP contribution >= 0.6 is 23.2 Å². The predicted molar refractivity (Wildman–Crippen MR) is 61.6 cm³/mol. The molecule has 0 N–H and O–H groups in total. The highest BCUT2D eigenvalue weighted by Crippen LogP contribution is 2.29. The second-order valence-corrected chi connectivity index (χ2v) is 4.14. The highest BCUT2D eigenvalue weighted by molar-refractivity contribution is 6.68. The zero-order valence-electron chi connectivity index (χ0n) is 8.95. The van der Waals surface area contributed by atoms with Crippen LogP contribution in [0.1, 0.15) is 15.9 Å². The molecule has 0 aromatic carbocycles. The molecule has 2 rings (SSSR count). The number of rotatable bonds is 2. The van der Waals surface area contributed by atoms with Crippen molar-refractivity contribution in [3.63, 3.8) is 0 Å². The van der Waals surface area contributed by atoms with E-state index >= 15 is 0 Å². The van der Waals surface area contributed by atoms with Gasteiger partial charge in [-0.1, -0.05) is 11.6 Å². The molecule has 0 saturated carbocycles. The molecule has 2 heterocycles. The average Bonchev–Trinajstić information content (AvgIpc) is 2.70. The summed E-state index contributed by atoms with van der Waals surface area (Å²) < 4.78 is 38.1. The minimum absolute atomic E-state index is 0.0437. The van der Waals surface area contributed by atoms with Crippen LogP contribution in [0.15, 0.2) is 24.5 Å². The smallest absolute Gasteiger partial charge is 0.275 e.